The number of aromatic hydroxyl groups is 1. The number of ether oxygens (including phenoxy) is 1. The second-order valence-corrected chi connectivity index (χ2v) is 4.54. The SMILES string of the molecule is C=CCN(CCOC)C(=O)C(N)Cc1ccc(O)cc1. The number of amides is 1. The zero-order chi connectivity index (χ0) is 15.0. The van der Waals surface area contributed by atoms with E-state index in [1.165, 1.54) is 0 Å². The van der Waals surface area contributed by atoms with Crippen LogP contribution in [0, 0.1) is 0 Å². The zero-order valence-electron chi connectivity index (χ0n) is 11.8. The number of methoxy groups -OCH3 is 1. The molecule has 0 bridgehead atoms. The van der Waals surface area contributed by atoms with Gasteiger partial charge in [-0.05, 0) is 24.1 Å². The van der Waals surface area contributed by atoms with E-state index >= 15 is 0 Å². The number of phenols is 1. The first kappa shape index (κ1) is 16.2. The van der Waals surface area contributed by atoms with Gasteiger partial charge in [0.25, 0.3) is 0 Å². The van der Waals surface area contributed by atoms with E-state index in [0.717, 1.165) is 5.56 Å². The fraction of sp³-hybridized carbons (Fsp3) is 0.400. The van der Waals surface area contributed by atoms with Gasteiger partial charge in [0.15, 0.2) is 0 Å². The fourth-order valence-electron chi connectivity index (χ4n) is 1.86. The van der Waals surface area contributed by atoms with Crippen molar-refractivity contribution in [2.75, 3.05) is 26.8 Å². The lowest BCUT2D eigenvalue weighted by molar-refractivity contribution is -0.132. The maximum absolute atomic E-state index is 12.3. The predicted octanol–water partition coefficient (Wildman–Crippen LogP) is 0.923. The van der Waals surface area contributed by atoms with Crippen LogP contribution in [0.1, 0.15) is 5.56 Å². The van der Waals surface area contributed by atoms with Crippen LogP contribution in [0.4, 0.5) is 0 Å². The zero-order valence-corrected chi connectivity index (χ0v) is 11.8. The molecule has 20 heavy (non-hydrogen) atoms. The van der Waals surface area contributed by atoms with Crippen molar-refractivity contribution in [3.63, 3.8) is 0 Å². The Kier molecular flexibility index (Phi) is 6.76. The van der Waals surface area contributed by atoms with Crippen LogP contribution in [0.5, 0.6) is 5.75 Å². The molecule has 0 heterocycles. The summed E-state index contributed by atoms with van der Waals surface area (Å²) < 4.78 is 4.98. The smallest absolute Gasteiger partial charge is 0.240 e. The summed E-state index contributed by atoms with van der Waals surface area (Å²) in [4.78, 5) is 13.9. The molecule has 3 N–H and O–H groups in total. The van der Waals surface area contributed by atoms with E-state index < -0.39 is 6.04 Å². The largest absolute Gasteiger partial charge is 0.508 e. The molecule has 1 aromatic rings. The Morgan fingerprint density at radius 1 is 1.50 bits per heavy atom. The number of hydrogen-bond acceptors (Lipinski definition) is 4. The van der Waals surface area contributed by atoms with Crippen molar-refractivity contribution in [2.45, 2.75) is 12.5 Å². The minimum absolute atomic E-state index is 0.130. The molecular formula is C15H22N2O3. The van der Waals surface area contributed by atoms with Gasteiger partial charge in [-0.3, -0.25) is 4.79 Å². The summed E-state index contributed by atoms with van der Waals surface area (Å²) >= 11 is 0. The molecule has 1 amide bonds. The third kappa shape index (κ3) is 5.03. The van der Waals surface area contributed by atoms with Gasteiger partial charge in [-0.15, -0.1) is 6.58 Å². The molecule has 110 valence electrons. The molecule has 0 aliphatic heterocycles. The summed E-state index contributed by atoms with van der Waals surface area (Å²) in [5, 5.41) is 9.22. The first-order valence-corrected chi connectivity index (χ1v) is 6.50. The van der Waals surface area contributed by atoms with Gasteiger partial charge in [0.2, 0.25) is 5.91 Å². The lowest BCUT2D eigenvalue weighted by Crippen LogP contribution is -2.46. The quantitative estimate of drug-likeness (QED) is 0.693. The summed E-state index contributed by atoms with van der Waals surface area (Å²) in [6, 6.07) is 6.07. The Morgan fingerprint density at radius 3 is 2.70 bits per heavy atom. The van der Waals surface area contributed by atoms with E-state index in [1.807, 2.05) is 0 Å². The summed E-state index contributed by atoms with van der Waals surface area (Å²) in [6.07, 6.45) is 2.10. The lowest BCUT2D eigenvalue weighted by Gasteiger charge is -2.24. The van der Waals surface area contributed by atoms with Crippen LogP contribution in [0.3, 0.4) is 0 Å². The van der Waals surface area contributed by atoms with E-state index in [2.05, 4.69) is 6.58 Å². The van der Waals surface area contributed by atoms with Crippen molar-refractivity contribution in [2.24, 2.45) is 5.73 Å². The van der Waals surface area contributed by atoms with Crippen molar-refractivity contribution in [3.8, 4) is 5.75 Å². The van der Waals surface area contributed by atoms with Gasteiger partial charge in [-0.1, -0.05) is 18.2 Å². The molecule has 5 heteroatoms. The van der Waals surface area contributed by atoms with Crippen LogP contribution in [0.2, 0.25) is 0 Å². The molecule has 0 aliphatic rings. The highest BCUT2D eigenvalue weighted by molar-refractivity contribution is 5.82. The maximum Gasteiger partial charge on any atom is 0.240 e. The molecule has 0 aromatic heterocycles. The number of carbonyl (C=O) groups is 1. The molecule has 0 saturated carbocycles. The van der Waals surface area contributed by atoms with Gasteiger partial charge in [0.05, 0.1) is 12.6 Å². The topological polar surface area (TPSA) is 75.8 Å². The highest BCUT2D eigenvalue weighted by atomic mass is 16.5. The van der Waals surface area contributed by atoms with Crippen molar-refractivity contribution in [1.29, 1.82) is 0 Å². The summed E-state index contributed by atoms with van der Waals surface area (Å²) in [7, 11) is 1.59. The molecule has 5 nitrogen and oxygen atoms in total. The maximum atomic E-state index is 12.3. The van der Waals surface area contributed by atoms with Crippen LogP contribution in [0.15, 0.2) is 36.9 Å². The number of rotatable bonds is 8. The van der Waals surface area contributed by atoms with Crippen LogP contribution in [-0.2, 0) is 16.0 Å². The molecule has 0 aliphatic carbocycles. The Bertz CT molecular complexity index is 431. The molecule has 1 unspecified atom stereocenters. The van der Waals surface area contributed by atoms with E-state index in [1.54, 1.807) is 42.4 Å². The molecule has 1 atom stereocenters. The van der Waals surface area contributed by atoms with E-state index in [4.69, 9.17) is 10.5 Å². The van der Waals surface area contributed by atoms with Crippen LogP contribution in [0.25, 0.3) is 0 Å². The second-order valence-electron chi connectivity index (χ2n) is 4.54. The van der Waals surface area contributed by atoms with Crippen molar-refractivity contribution >= 4 is 5.91 Å². The monoisotopic (exact) mass is 278 g/mol. The van der Waals surface area contributed by atoms with Crippen molar-refractivity contribution in [1.82, 2.24) is 4.90 Å². The number of benzene rings is 1. The predicted molar refractivity (Wildman–Crippen MR) is 78.4 cm³/mol. The fourth-order valence-corrected chi connectivity index (χ4v) is 1.86. The average molecular weight is 278 g/mol. The Morgan fingerprint density at radius 2 is 2.15 bits per heavy atom. The molecule has 0 spiro atoms. The first-order valence-electron chi connectivity index (χ1n) is 6.50. The minimum Gasteiger partial charge on any atom is -0.508 e. The van der Waals surface area contributed by atoms with E-state index in [-0.39, 0.29) is 11.7 Å². The molecular weight excluding hydrogens is 256 g/mol. The minimum atomic E-state index is -0.614. The number of phenolic OH excluding ortho intramolecular Hbond substituents is 1. The summed E-state index contributed by atoms with van der Waals surface area (Å²) in [6.45, 7) is 5.05. The van der Waals surface area contributed by atoms with Crippen LogP contribution >= 0.6 is 0 Å². The standard InChI is InChI=1S/C15H22N2O3/c1-3-8-17(9-10-20-2)15(19)14(16)11-12-4-6-13(18)7-5-12/h3-7,14,18H,1,8-11,16H2,2H3. The van der Waals surface area contributed by atoms with Gasteiger partial charge >= 0.3 is 0 Å². The lowest BCUT2D eigenvalue weighted by atomic mass is 10.1. The molecule has 0 saturated heterocycles. The van der Waals surface area contributed by atoms with Crippen molar-refractivity contribution < 1.29 is 14.6 Å². The summed E-state index contributed by atoms with van der Waals surface area (Å²) in [5.74, 6) is 0.0667. The Balaban J connectivity index is 2.62. The third-order valence-electron chi connectivity index (χ3n) is 2.94. The Labute approximate surface area is 119 Å². The normalized spacial score (nSPS) is 11.9. The second kappa shape index (κ2) is 8.35. The number of hydrogen-bond donors (Lipinski definition) is 2. The number of nitrogens with two attached hydrogens (primary N) is 1. The van der Waals surface area contributed by atoms with Crippen molar-refractivity contribution in [3.05, 3.63) is 42.5 Å². The molecule has 1 aromatic carbocycles. The van der Waals surface area contributed by atoms with Crippen LogP contribution in [-0.4, -0.2) is 48.8 Å². The van der Waals surface area contributed by atoms with Gasteiger partial charge in [0.1, 0.15) is 5.75 Å². The highest BCUT2D eigenvalue weighted by Gasteiger charge is 2.20. The highest BCUT2D eigenvalue weighted by Crippen LogP contribution is 2.11. The van der Waals surface area contributed by atoms with Gasteiger partial charge in [-0.25, -0.2) is 0 Å². The van der Waals surface area contributed by atoms with E-state index in [0.29, 0.717) is 26.1 Å². The molecule has 0 radical (unpaired) electrons. The van der Waals surface area contributed by atoms with E-state index in [9.17, 15) is 9.90 Å². The van der Waals surface area contributed by atoms with Crippen LogP contribution < -0.4 is 5.73 Å². The molecule has 1 rings (SSSR count). The average Bonchev–Trinajstić information content (AvgIpc) is 2.45. The molecule has 0 fully saturated rings. The van der Waals surface area contributed by atoms with Gasteiger partial charge in [0, 0.05) is 20.2 Å². The summed E-state index contributed by atoms with van der Waals surface area (Å²) in [5.41, 5.74) is 6.87. The third-order valence-corrected chi connectivity index (χ3v) is 2.94. The first-order chi connectivity index (χ1) is 9.58. The number of carbonyl (C=O) groups excluding carboxylic acids is 1. The van der Waals surface area contributed by atoms with Gasteiger partial charge in [-0.2, -0.15) is 0 Å². The Hall–Kier alpha value is -1.85. The number of nitrogens with zero attached hydrogens (tertiary/aromatic N) is 1. The van der Waals surface area contributed by atoms with Gasteiger partial charge < -0.3 is 20.5 Å².